The van der Waals surface area contributed by atoms with E-state index in [1.807, 2.05) is 18.2 Å². The number of rotatable bonds is 1. The fourth-order valence-corrected chi connectivity index (χ4v) is 2.89. The van der Waals surface area contributed by atoms with Crippen molar-refractivity contribution in [3.05, 3.63) is 63.4 Å². The van der Waals surface area contributed by atoms with Crippen LogP contribution in [0.4, 0.5) is 0 Å². The monoisotopic (exact) mass is 318 g/mol. The van der Waals surface area contributed by atoms with E-state index in [-0.39, 0.29) is 5.69 Å². The zero-order valence-electron chi connectivity index (χ0n) is 12.2. The second kappa shape index (κ2) is 4.45. The molecule has 0 saturated heterocycles. The Morgan fingerprint density at radius 1 is 0.875 bits per heavy atom. The third-order valence-corrected chi connectivity index (χ3v) is 4.01. The Morgan fingerprint density at radius 2 is 1.67 bits per heavy atom. The third kappa shape index (κ3) is 1.81. The molecular weight excluding hydrogens is 308 g/mol. The van der Waals surface area contributed by atoms with E-state index in [0.717, 1.165) is 10.9 Å². The Hall–Kier alpha value is -3.61. The summed E-state index contributed by atoms with van der Waals surface area (Å²) in [5.41, 5.74) is 2.89. The first-order valence-corrected chi connectivity index (χ1v) is 7.32. The molecule has 0 aliphatic carbocycles. The van der Waals surface area contributed by atoms with Gasteiger partial charge in [-0.3, -0.25) is 0 Å². The average molecular weight is 318 g/mol. The van der Waals surface area contributed by atoms with Gasteiger partial charge >= 0.3 is 11.3 Å². The van der Waals surface area contributed by atoms with Crippen molar-refractivity contribution in [3.8, 4) is 11.4 Å². The number of H-pyrrole nitrogens is 3. The van der Waals surface area contributed by atoms with Crippen LogP contribution in [0.5, 0.6) is 0 Å². The molecule has 116 valence electrons. The van der Waals surface area contributed by atoms with Crippen molar-refractivity contribution in [1.29, 1.82) is 0 Å². The first-order valence-electron chi connectivity index (χ1n) is 7.32. The largest absolute Gasteiger partial charge is 0.422 e. The molecule has 24 heavy (non-hydrogen) atoms. The van der Waals surface area contributed by atoms with Crippen molar-refractivity contribution in [1.82, 2.24) is 19.9 Å². The zero-order chi connectivity index (χ0) is 16.3. The van der Waals surface area contributed by atoms with Gasteiger partial charge in [-0.15, -0.1) is 0 Å². The summed E-state index contributed by atoms with van der Waals surface area (Å²) in [5.74, 6) is 0.430. The maximum atomic E-state index is 12.3. The van der Waals surface area contributed by atoms with Gasteiger partial charge in [0.25, 0.3) is 0 Å². The Morgan fingerprint density at radius 3 is 2.54 bits per heavy atom. The zero-order valence-corrected chi connectivity index (χ0v) is 12.2. The van der Waals surface area contributed by atoms with E-state index in [2.05, 4.69) is 19.9 Å². The number of nitrogens with one attached hydrogen (secondary N) is 3. The van der Waals surface area contributed by atoms with Crippen LogP contribution in [0.15, 0.2) is 56.5 Å². The molecular formula is C17H10N4O3. The molecule has 0 unspecified atom stereocenters. The lowest BCUT2D eigenvalue weighted by atomic mass is 10.2. The minimum Gasteiger partial charge on any atom is -0.422 e. The van der Waals surface area contributed by atoms with E-state index in [9.17, 15) is 9.59 Å². The first kappa shape index (κ1) is 12.9. The molecule has 5 aromatic rings. The van der Waals surface area contributed by atoms with E-state index in [0.29, 0.717) is 33.5 Å². The van der Waals surface area contributed by atoms with Crippen molar-refractivity contribution in [2.75, 3.05) is 0 Å². The van der Waals surface area contributed by atoms with Gasteiger partial charge < -0.3 is 19.4 Å². The SMILES string of the molecule is O=c1[nH]c2cc3nc(-c4cc5ccccc5oc4=O)[nH]c3cc2[nH]1. The molecule has 0 amide bonds. The summed E-state index contributed by atoms with van der Waals surface area (Å²) in [6.45, 7) is 0. The Kier molecular flexibility index (Phi) is 2.39. The molecule has 0 fully saturated rings. The molecule has 3 aromatic heterocycles. The summed E-state index contributed by atoms with van der Waals surface area (Å²) in [7, 11) is 0. The predicted molar refractivity (Wildman–Crippen MR) is 90.0 cm³/mol. The van der Waals surface area contributed by atoms with Gasteiger partial charge in [-0.05, 0) is 24.3 Å². The van der Waals surface area contributed by atoms with Crippen LogP contribution in [0.25, 0.3) is 44.4 Å². The summed E-state index contributed by atoms with van der Waals surface area (Å²) in [6.07, 6.45) is 0. The molecule has 0 spiro atoms. The third-order valence-electron chi connectivity index (χ3n) is 4.01. The normalized spacial score (nSPS) is 11.7. The minimum absolute atomic E-state index is 0.270. The van der Waals surface area contributed by atoms with E-state index in [4.69, 9.17) is 4.42 Å². The highest BCUT2D eigenvalue weighted by Gasteiger charge is 2.13. The molecule has 7 heteroatoms. The molecule has 7 nitrogen and oxygen atoms in total. The Balaban J connectivity index is 1.78. The standard InChI is InChI=1S/C17H10N4O3/c22-16-9(5-8-3-1-2-4-14(8)24-16)15-18-10-6-12-13(7-11(10)19-15)21-17(23)20-12/h1-7H,(H,18,19)(H2,20,21,23). The number of fused-ring (bicyclic) bond motifs is 3. The van der Waals surface area contributed by atoms with E-state index < -0.39 is 5.63 Å². The quantitative estimate of drug-likeness (QED) is 0.413. The number of benzene rings is 2. The molecule has 2 aromatic carbocycles. The Labute approximate surface area is 133 Å². The van der Waals surface area contributed by atoms with Crippen LogP contribution >= 0.6 is 0 Å². The lowest BCUT2D eigenvalue weighted by molar-refractivity contribution is 0.563. The van der Waals surface area contributed by atoms with Crippen molar-refractivity contribution in [3.63, 3.8) is 0 Å². The van der Waals surface area contributed by atoms with Crippen LogP contribution in [-0.4, -0.2) is 19.9 Å². The summed E-state index contributed by atoms with van der Waals surface area (Å²) < 4.78 is 5.35. The van der Waals surface area contributed by atoms with Crippen LogP contribution in [0.1, 0.15) is 0 Å². The van der Waals surface area contributed by atoms with E-state index >= 15 is 0 Å². The fourth-order valence-electron chi connectivity index (χ4n) is 2.89. The number of aromatic nitrogens is 4. The Bertz CT molecular complexity index is 1300. The minimum atomic E-state index is -0.452. The number of imidazole rings is 2. The molecule has 5 rings (SSSR count). The van der Waals surface area contributed by atoms with Gasteiger partial charge in [0.05, 0.1) is 22.1 Å². The molecule has 3 N–H and O–H groups in total. The van der Waals surface area contributed by atoms with Crippen LogP contribution < -0.4 is 11.3 Å². The molecule has 3 heterocycles. The number of aromatic amines is 3. The van der Waals surface area contributed by atoms with E-state index in [1.54, 1.807) is 24.3 Å². The number of hydrogen-bond donors (Lipinski definition) is 3. The molecule has 0 atom stereocenters. The molecule has 0 aliphatic rings. The maximum absolute atomic E-state index is 12.3. The van der Waals surface area contributed by atoms with E-state index in [1.165, 1.54) is 0 Å². The van der Waals surface area contributed by atoms with Crippen molar-refractivity contribution in [2.24, 2.45) is 0 Å². The number of para-hydroxylation sites is 1. The van der Waals surface area contributed by atoms with Crippen LogP contribution in [0.3, 0.4) is 0 Å². The van der Waals surface area contributed by atoms with Gasteiger partial charge in [-0.25, -0.2) is 14.6 Å². The summed E-state index contributed by atoms with van der Waals surface area (Å²) in [6, 6.07) is 12.6. The predicted octanol–water partition coefficient (Wildman–Crippen LogP) is 2.51. The van der Waals surface area contributed by atoms with Crippen LogP contribution in [0.2, 0.25) is 0 Å². The second-order valence-corrected chi connectivity index (χ2v) is 5.56. The van der Waals surface area contributed by atoms with Gasteiger partial charge in [-0.1, -0.05) is 18.2 Å². The average Bonchev–Trinajstić information content (AvgIpc) is 3.12. The van der Waals surface area contributed by atoms with Crippen LogP contribution in [-0.2, 0) is 0 Å². The molecule has 0 saturated carbocycles. The summed E-state index contributed by atoms with van der Waals surface area (Å²) in [5, 5.41) is 0.823. The summed E-state index contributed by atoms with van der Waals surface area (Å²) >= 11 is 0. The van der Waals surface area contributed by atoms with Gasteiger partial charge in [0, 0.05) is 5.39 Å². The lowest BCUT2D eigenvalue weighted by Crippen LogP contribution is -2.03. The number of nitrogens with zero attached hydrogens (tertiary/aromatic N) is 1. The first-order chi connectivity index (χ1) is 11.7. The van der Waals surface area contributed by atoms with Crippen LogP contribution in [0, 0.1) is 0 Å². The van der Waals surface area contributed by atoms with Gasteiger partial charge in [0.1, 0.15) is 17.0 Å². The highest BCUT2D eigenvalue weighted by atomic mass is 16.4. The lowest BCUT2D eigenvalue weighted by Gasteiger charge is -1.98. The van der Waals surface area contributed by atoms with Gasteiger partial charge in [-0.2, -0.15) is 0 Å². The van der Waals surface area contributed by atoms with Crippen molar-refractivity contribution >= 4 is 33.0 Å². The highest BCUT2D eigenvalue weighted by molar-refractivity contribution is 5.92. The second-order valence-electron chi connectivity index (χ2n) is 5.56. The van der Waals surface area contributed by atoms with Gasteiger partial charge in [0.15, 0.2) is 0 Å². The smallest absolute Gasteiger partial charge is 0.347 e. The highest BCUT2D eigenvalue weighted by Crippen LogP contribution is 2.23. The molecule has 0 aliphatic heterocycles. The molecule has 0 bridgehead atoms. The fraction of sp³-hybridized carbons (Fsp3) is 0. The topological polar surface area (TPSA) is 108 Å². The maximum Gasteiger partial charge on any atom is 0.347 e. The summed E-state index contributed by atoms with van der Waals surface area (Å²) in [4.78, 5) is 36.6. The van der Waals surface area contributed by atoms with Crippen molar-refractivity contribution < 1.29 is 4.42 Å². The number of hydrogen-bond acceptors (Lipinski definition) is 4. The molecule has 0 radical (unpaired) electrons. The van der Waals surface area contributed by atoms with Gasteiger partial charge in [0.2, 0.25) is 0 Å². The van der Waals surface area contributed by atoms with Crippen molar-refractivity contribution in [2.45, 2.75) is 0 Å².